The van der Waals surface area contributed by atoms with Gasteiger partial charge in [0, 0.05) is 37.1 Å². The van der Waals surface area contributed by atoms with Crippen LogP contribution in [0.15, 0.2) is 72.9 Å². The summed E-state index contributed by atoms with van der Waals surface area (Å²) in [5.41, 5.74) is 4.32. The summed E-state index contributed by atoms with van der Waals surface area (Å²) in [6.45, 7) is 4.36. The van der Waals surface area contributed by atoms with E-state index in [9.17, 15) is 4.79 Å². The van der Waals surface area contributed by atoms with Crippen LogP contribution in [0.2, 0.25) is 0 Å². The molecule has 1 aliphatic heterocycles. The van der Waals surface area contributed by atoms with Crippen molar-refractivity contribution >= 4 is 17.4 Å². The van der Waals surface area contributed by atoms with Gasteiger partial charge in [-0.05, 0) is 48.7 Å². The van der Waals surface area contributed by atoms with Crippen molar-refractivity contribution in [2.45, 2.75) is 19.9 Å². The van der Waals surface area contributed by atoms with Gasteiger partial charge in [-0.25, -0.2) is 4.98 Å². The van der Waals surface area contributed by atoms with Crippen molar-refractivity contribution in [3.05, 3.63) is 89.6 Å². The molecule has 27 heavy (non-hydrogen) atoms. The first-order valence-corrected chi connectivity index (χ1v) is 9.41. The van der Waals surface area contributed by atoms with Gasteiger partial charge in [-0.1, -0.05) is 42.5 Å². The van der Waals surface area contributed by atoms with Crippen molar-refractivity contribution < 1.29 is 4.79 Å². The second-order valence-corrected chi connectivity index (χ2v) is 6.73. The Morgan fingerprint density at radius 1 is 1.04 bits per heavy atom. The monoisotopic (exact) mass is 357 g/mol. The number of rotatable bonds is 4. The van der Waals surface area contributed by atoms with Gasteiger partial charge in [0.25, 0.3) is 5.91 Å². The first-order valence-electron chi connectivity index (χ1n) is 9.41. The van der Waals surface area contributed by atoms with E-state index in [0.717, 1.165) is 31.0 Å². The lowest BCUT2D eigenvalue weighted by molar-refractivity contribution is 0.0988. The minimum Gasteiger partial charge on any atom is -0.352 e. The summed E-state index contributed by atoms with van der Waals surface area (Å²) >= 11 is 0. The summed E-state index contributed by atoms with van der Waals surface area (Å²) in [7, 11) is 0. The second kappa shape index (κ2) is 7.62. The molecule has 0 atom stereocenters. The summed E-state index contributed by atoms with van der Waals surface area (Å²) < 4.78 is 0. The van der Waals surface area contributed by atoms with Crippen LogP contribution < -0.4 is 9.80 Å². The maximum absolute atomic E-state index is 13.1. The third-order valence-electron chi connectivity index (χ3n) is 5.08. The molecular weight excluding hydrogens is 334 g/mol. The van der Waals surface area contributed by atoms with Gasteiger partial charge >= 0.3 is 0 Å². The molecule has 0 fully saturated rings. The topological polar surface area (TPSA) is 36.4 Å². The minimum absolute atomic E-state index is 0.00441. The number of para-hydroxylation sites is 1. The third-order valence-corrected chi connectivity index (χ3v) is 5.08. The lowest BCUT2D eigenvalue weighted by Gasteiger charge is -2.30. The number of anilines is 2. The van der Waals surface area contributed by atoms with E-state index in [1.165, 1.54) is 11.1 Å². The van der Waals surface area contributed by atoms with Gasteiger partial charge in [-0.15, -0.1) is 0 Å². The molecule has 4 heteroatoms. The summed E-state index contributed by atoms with van der Waals surface area (Å²) in [4.78, 5) is 21.7. The number of pyridine rings is 1. The molecule has 2 heterocycles. The van der Waals surface area contributed by atoms with Crippen molar-refractivity contribution in [3.63, 3.8) is 0 Å². The van der Waals surface area contributed by atoms with E-state index in [4.69, 9.17) is 0 Å². The quantitative estimate of drug-likeness (QED) is 0.698. The van der Waals surface area contributed by atoms with Crippen molar-refractivity contribution in [3.8, 4) is 0 Å². The van der Waals surface area contributed by atoms with Crippen LogP contribution in [0.3, 0.4) is 0 Å². The standard InChI is InChI=1S/C23H23N3O/c1-2-26(21-10-4-3-5-11-21)23(27)19-12-14-24-22(16-19)25-15-13-18-8-6-7-9-20(18)17-25/h3-12,14,16H,2,13,15,17H2,1H3. The normalized spacial score (nSPS) is 13.1. The van der Waals surface area contributed by atoms with Gasteiger partial charge in [-0.3, -0.25) is 4.79 Å². The van der Waals surface area contributed by atoms with Gasteiger partial charge in [0.05, 0.1) is 0 Å². The van der Waals surface area contributed by atoms with Gasteiger partial charge < -0.3 is 9.80 Å². The van der Waals surface area contributed by atoms with E-state index in [1.54, 1.807) is 17.2 Å². The molecule has 4 nitrogen and oxygen atoms in total. The Hall–Kier alpha value is -3.14. The first-order chi connectivity index (χ1) is 13.3. The van der Waals surface area contributed by atoms with Crippen LogP contribution in [0.25, 0.3) is 0 Å². The molecular formula is C23H23N3O. The average Bonchev–Trinajstić information content (AvgIpc) is 2.75. The van der Waals surface area contributed by atoms with Gasteiger partial charge in [0.15, 0.2) is 0 Å². The number of hydrogen-bond donors (Lipinski definition) is 0. The highest BCUT2D eigenvalue weighted by molar-refractivity contribution is 6.06. The molecule has 1 aliphatic rings. The number of hydrogen-bond acceptors (Lipinski definition) is 3. The summed E-state index contributed by atoms with van der Waals surface area (Å²) in [5, 5.41) is 0. The summed E-state index contributed by atoms with van der Waals surface area (Å²) in [6.07, 6.45) is 2.74. The van der Waals surface area contributed by atoms with Crippen LogP contribution in [0.4, 0.5) is 11.5 Å². The molecule has 1 aromatic heterocycles. The fourth-order valence-corrected chi connectivity index (χ4v) is 3.62. The number of carbonyl (C=O) groups excluding carboxylic acids is 1. The van der Waals surface area contributed by atoms with Crippen molar-refractivity contribution in [1.82, 2.24) is 4.98 Å². The predicted molar refractivity (Wildman–Crippen MR) is 109 cm³/mol. The minimum atomic E-state index is 0.00441. The van der Waals surface area contributed by atoms with E-state index in [-0.39, 0.29) is 5.91 Å². The molecule has 0 saturated carbocycles. The molecule has 4 rings (SSSR count). The molecule has 136 valence electrons. The number of aromatic nitrogens is 1. The number of nitrogens with zero attached hydrogens (tertiary/aromatic N) is 3. The maximum atomic E-state index is 13.1. The van der Waals surface area contributed by atoms with Crippen LogP contribution in [0.1, 0.15) is 28.4 Å². The molecule has 3 aromatic rings. The number of amides is 1. The second-order valence-electron chi connectivity index (χ2n) is 6.73. The fraction of sp³-hybridized carbons (Fsp3) is 0.217. The lowest BCUT2D eigenvalue weighted by Crippen LogP contribution is -2.32. The number of benzene rings is 2. The van der Waals surface area contributed by atoms with Gasteiger partial charge in [0.1, 0.15) is 5.82 Å². The highest BCUT2D eigenvalue weighted by atomic mass is 16.2. The summed E-state index contributed by atoms with van der Waals surface area (Å²) in [6, 6.07) is 22.0. The molecule has 2 aromatic carbocycles. The van der Waals surface area contributed by atoms with E-state index < -0.39 is 0 Å². The smallest absolute Gasteiger partial charge is 0.258 e. The molecule has 0 spiro atoms. The van der Waals surface area contributed by atoms with E-state index in [1.807, 2.05) is 43.3 Å². The van der Waals surface area contributed by atoms with E-state index in [0.29, 0.717) is 12.1 Å². The zero-order valence-electron chi connectivity index (χ0n) is 15.5. The van der Waals surface area contributed by atoms with Crippen LogP contribution in [-0.2, 0) is 13.0 Å². The maximum Gasteiger partial charge on any atom is 0.258 e. The molecule has 0 saturated heterocycles. The zero-order chi connectivity index (χ0) is 18.6. The molecule has 0 aliphatic carbocycles. The SMILES string of the molecule is CCN(C(=O)c1ccnc(N2CCc3ccccc3C2)c1)c1ccccc1. The predicted octanol–water partition coefficient (Wildman–Crippen LogP) is 4.31. The Bertz CT molecular complexity index is 939. The van der Waals surface area contributed by atoms with Crippen molar-refractivity contribution in [2.75, 3.05) is 22.9 Å². The van der Waals surface area contributed by atoms with Crippen LogP contribution >= 0.6 is 0 Å². The lowest BCUT2D eigenvalue weighted by atomic mass is 10.00. The Morgan fingerprint density at radius 3 is 2.56 bits per heavy atom. The highest BCUT2D eigenvalue weighted by Crippen LogP contribution is 2.24. The first kappa shape index (κ1) is 17.3. The van der Waals surface area contributed by atoms with Crippen molar-refractivity contribution in [1.29, 1.82) is 0 Å². The molecule has 0 unspecified atom stereocenters. The van der Waals surface area contributed by atoms with Crippen LogP contribution in [-0.4, -0.2) is 24.0 Å². The largest absolute Gasteiger partial charge is 0.352 e. The molecule has 0 N–H and O–H groups in total. The zero-order valence-corrected chi connectivity index (χ0v) is 15.5. The number of carbonyl (C=O) groups is 1. The number of fused-ring (bicyclic) bond motifs is 1. The van der Waals surface area contributed by atoms with Gasteiger partial charge in [-0.2, -0.15) is 0 Å². The molecule has 1 amide bonds. The van der Waals surface area contributed by atoms with Crippen molar-refractivity contribution in [2.24, 2.45) is 0 Å². The Balaban J connectivity index is 1.58. The Kier molecular flexibility index (Phi) is 4.88. The summed E-state index contributed by atoms with van der Waals surface area (Å²) in [5.74, 6) is 0.865. The van der Waals surface area contributed by atoms with E-state index in [2.05, 4.69) is 34.1 Å². The Labute approximate surface area is 160 Å². The molecule has 0 bridgehead atoms. The third kappa shape index (κ3) is 3.56. The van der Waals surface area contributed by atoms with Crippen LogP contribution in [0.5, 0.6) is 0 Å². The highest BCUT2D eigenvalue weighted by Gasteiger charge is 2.20. The Morgan fingerprint density at radius 2 is 1.78 bits per heavy atom. The average molecular weight is 357 g/mol. The van der Waals surface area contributed by atoms with E-state index >= 15 is 0 Å². The molecule has 0 radical (unpaired) electrons. The van der Waals surface area contributed by atoms with Gasteiger partial charge in [0.2, 0.25) is 0 Å². The van der Waals surface area contributed by atoms with Crippen LogP contribution in [0, 0.1) is 0 Å². The fourth-order valence-electron chi connectivity index (χ4n) is 3.62.